The van der Waals surface area contributed by atoms with Gasteiger partial charge in [-0.3, -0.25) is 0 Å². The number of aromatic nitrogens is 2. The molecule has 1 aliphatic heterocycles. The van der Waals surface area contributed by atoms with Crippen molar-refractivity contribution >= 4 is 11.7 Å². The van der Waals surface area contributed by atoms with Crippen molar-refractivity contribution in [1.82, 2.24) is 10.2 Å². The molecule has 1 aromatic rings. The Labute approximate surface area is 112 Å². The van der Waals surface area contributed by atoms with Gasteiger partial charge in [-0.05, 0) is 25.8 Å². The number of amidine groups is 1. The Balaban J connectivity index is 2.43. The molecule has 104 valence electrons. The van der Waals surface area contributed by atoms with E-state index in [0.29, 0.717) is 11.4 Å². The van der Waals surface area contributed by atoms with Crippen molar-refractivity contribution in [3.8, 4) is 0 Å². The molecular weight excluding hydrogens is 246 g/mol. The zero-order valence-corrected chi connectivity index (χ0v) is 11.4. The molecule has 0 amide bonds. The average Bonchev–Trinajstić information content (AvgIpc) is 2.89. The van der Waals surface area contributed by atoms with Crippen molar-refractivity contribution in [2.75, 3.05) is 25.1 Å². The normalized spacial score (nSPS) is 20.1. The van der Waals surface area contributed by atoms with Crippen LogP contribution in [0.15, 0.2) is 5.16 Å². The van der Waals surface area contributed by atoms with Crippen LogP contribution < -0.4 is 10.6 Å². The number of rotatable bonds is 3. The minimum absolute atomic E-state index is 0.0615. The van der Waals surface area contributed by atoms with Gasteiger partial charge >= 0.3 is 0 Å². The molecule has 1 aliphatic rings. The second-order valence-corrected chi connectivity index (χ2v) is 4.69. The van der Waals surface area contributed by atoms with E-state index in [4.69, 9.17) is 15.7 Å². The SMILES string of the molecule is COC1CCN(c2nnc(C)c(C)c2C(N)=NO)C1. The second kappa shape index (κ2) is 5.40. The van der Waals surface area contributed by atoms with Crippen molar-refractivity contribution in [2.45, 2.75) is 26.4 Å². The molecule has 2 rings (SSSR count). The molecule has 19 heavy (non-hydrogen) atoms. The Morgan fingerprint density at radius 3 is 2.79 bits per heavy atom. The first-order valence-electron chi connectivity index (χ1n) is 6.18. The molecular formula is C12H19N5O2. The van der Waals surface area contributed by atoms with Crippen molar-refractivity contribution in [2.24, 2.45) is 10.9 Å². The van der Waals surface area contributed by atoms with E-state index < -0.39 is 0 Å². The smallest absolute Gasteiger partial charge is 0.174 e. The van der Waals surface area contributed by atoms with Crippen LogP contribution in [-0.2, 0) is 4.74 Å². The van der Waals surface area contributed by atoms with E-state index in [2.05, 4.69) is 20.3 Å². The van der Waals surface area contributed by atoms with Gasteiger partial charge in [-0.1, -0.05) is 5.16 Å². The fourth-order valence-electron chi connectivity index (χ4n) is 2.29. The van der Waals surface area contributed by atoms with Crippen LogP contribution in [0.5, 0.6) is 0 Å². The van der Waals surface area contributed by atoms with Crippen LogP contribution in [0.1, 0.15) is 23.2 Å². The Hall–Kier alpha value is -1.89. The van der Waals surface area contributed by atoms with Crippen LogP contribution in [0.25, 0.3) is 0 Å². The molecule has 1 aromatic heterocycles. The number of methoxy groups -OCH3 is 1. The Morgan fingerprint density at radius 1 is 1.47 bits per heavy atom. The summed E-state index contributed by atoms with van der Waals surface area (Å²) >= 11 is 0. The molecule has 2 heterocycles. The highest BCUT2D eigenvalue weighted by Gasteiger charge is 2.27. The van der Waals surface area contributed by atoms with Gasteiger partial charge in [0.15, 0.2) is 11.7 Å². The zero-order valence-electron chi connectivity index (χ0n) is 11.4. The number of hydrogen-bond acceptors (Lipinski definition) is 6. The van der Waals surface area contributed by atoms with Crippen LogP contribution in [0.4, 0.5) is 5.82 Å². The lowest BCUT2D eigenvalue weighted by Crippen LogP contribution is -2.28. The van der Waals surface area contributed by atoms with Crippen molar-refractivity contribution in [1.29, 1.82) is 0 Å². The molecule has 1 fully saturated rings. The molecule has 1 atom stereocenters. The highest BCUT2D eigenvalue weighted by Crippen LogP contribution is 2.26. The molecule has 0 radical (unpaired) electrons. The van der Waals surface area contributed by atoms with Crippen LogP contribution in [0.3, 0.4) is 0 Å². The minimum atomic E-state index is 0.0615. The summed E-state index contributed by atoms with van der Waals surface area (Å²) in [6, 6.07) is 0. The number of nitrogens with zero attached hydrogens (tertiary/aromatic N) is 4. The van der Waals surface area contributed by atoms with Gasteiger partial charge in [-0.25, -0.2) is 0 Å². The molecule has 1 unspecified atom stereocenters. The first-order valence-corrected chi connectivity index (χ1v) is 6.18. The fraction of sp³-hybridized carbons (Fsp3) is 0.583. The van der Waals surface area contributed by atoms with Crippen LogP contribution in [0, 0.1) is 13.8 Å². The van der Waals surface area contributed by atoms with Crippen molar-refractivity contribution < 1.29 is 9.94 Å². The fourth-order valence-corrected chi connectivity index (χ4v) is 2.29. The molecule has 1 saturated heterocycles. The van der Waals surface area contributed by atoms with E-state index in [0.717, 1.165) is 30.8 Å². The van der Waals surface area contributed by atoms with Gasteiger partial charge in [0.1, 0.15) is 0 Å². The van der Waals surface area contributed by atoms with Gasteiger partial charge in [-0.15, -0.1) is 5.10 Å². The second-order valence-electron chi connectivity index (χ2n) is 4.69. The molecule has 3 N–H and O–H groups in total. The predicted molar refractivity (Wildman–Crippen MR) is 71.6 cm³/mol. The summed E-state index contributed by atoms with van der Waals surface area (Å²) in [4.78, 5) is 2.06. The number of nitrogens with two attached hydrogens (primary N) is 1. The van der Waals surface area contributed by atoms with E-state index in [1.165, 1.54) is 0 Å². The largest absolute Gasteiger partial charge is 0.409 e. The highest BCUT2D eigenvalue weighted by atomic mass is 16.5. The third-order valence-corrected chi connectivity index (χ3v) is 3.58. The Morgan fingerprint density at radius 2 is 2.21 bits per heavy atom. The third kappa shape index (κ3) is 2.46. The number of oxime groups is 1. The summed E-state index contributed by atoms with van der Waals surface area (Å²) < 4.78 is 5.34. The number of aryl methyl sites for hydroxylation is 1. The first kappa shape index (κ1) is 13.5. The van der Waals surface area contributed by atoms with Gasteiger partial charge < -0.3 is 20.6 Å². The van der Waals surface area contributed by atoms with Crippen molar-refractivity contribution in [3.63, 3.8) is 0 Å². The monoisotopic (exact) mass is 265 g/mol. The first-order chi connectivity index (χ1) is 9.08. The van der Waals surface area contributed by atoms with Gasteiger partial charge in [-0.2, -0.15) is 5.10 Å². The van der Waals surface area contributed by atoms with Crippen LogP contribution >= 0.6 is 0 Å². The molecule has 0 aliphatic carbocycles. The topological polar surface area (TPSA) is 96.9 Å². The summed E-state index contributed by atoms with van der Waals surface area (Å²) in [6.07, 6.45) is 1.12. The summed E-state index contributed by atoms with van der Waals surface area (Å²) in [5.74, 6) is 0.712. The quantitative estimate of drug-likeness (QED) is 0.356. The summed E-state index contributed by atoms with van der Waals surface area (Å²) in [5.41, 5.74) is 8.07. The lowest BCUT2D eigenvalue weighted by molar-refractivity contribution is 0.121. The molecule has 0 bridgehead atoms. The predicted octanol–water partition coefficient (Wildman–Crippen LogP) is 0.413. The maximum Gasteiger partial charge on any atom is 0.174 e. The highest BCUT2D eigenvalue weighted by molar-refractivity contribution is 6.02. The standard InChI is InChI=1S/C12H19N5O2/c1-7-8(2)14-15-12(10(7)11(13)16-18)17-5-4-9(6-17)19-3/h9,18H,4-6H2,1-3H3,(H2,13,16). The zero-order chi connectivity index (χ0) is 14.0. The Bertz CT molecular complexity index is 503. The summed E-state index contributed by atoms with van der Waals surface area (Å²) in [6.45, 7) is 5.30. The van der Waals surface area contributed by atoms with E-state index in [9.17, 15) is 0 Å². The van der Waals surface area contributed by atoms with Crippen LogP contribution in [0.2, 0.25) is 0 Å². The Kier molecular flexibility index (Phi) is 3.84. The van der Waals surface area contributed by atoms with Crippen molar-refractivity contribution in [3.05, 3.63) is 16.8 Å². The van der Waals surface area contributed by atoms with Gasteiger partial charge in [0.05, 0.1) is 17.4 Å². The van der Waals surface area contributed by atoms with Gasteiger partial charge in [0.25, 0.3) is 0 Å². The number of hydrogen-bond donors (Lipinski definition) is 2. The van der Waals surface area contributed by atoms with E-state index >= 15 is 0 Å². The average molecular weight is 265 g/mol. The van der Waals surface area contributed by atoms with Gasteiger partial charge in [0, 0.05) is 20.2 Å². The van der Waals surface area contributed by atoms with E-state index in [1.54, 1.807) is 7.11 Å². The lowest BCUT2D eigenvalue weighted by Gasteiger charge is -2.21. The summed E-state index contributed by atoms with van der Waals surface area (Å²) in [7, 11) is 1.70. The van der Waals surface area contributed by atoms with Crippen LogP contribution in [-0.4, -0.2) is 47.5 Å². The maximum atomic E-state index is 8.94. The molecule has 0 spiro atoms. The number of anilines is 1. The maximum absolute atomic E-state index is 8.94. The van der Waals surface area contributed by atoms with E-state index in [-0.39, 0.29) is 11.9 Å². The molecule has 0 aromatic carbocycles. The molecule has 7 heteroatoms. The lowest BCUT2D eigenvalue weighted by atomic mass is 10.1. The van der Waals surface area contributed by atoms with Gasteiger partial charge in [0.2, 0.25) is 0 Å². The minimum Gasteiger partial charge on any atom is -0.409 e. The third-order valence-electron chi connectivity index (χ3n) is 3.58. The molecule has 0 saturated carbocycles. The summed E-state index contributed by atoms with van der Waals surface area (Å²) in [5, 5.41) is 20.4. The van der Waals surface area contributed by atoms with E-state index in [1.807, 2.05) is 13.8 Å². The number of ether oxygens (including phenoxy) is 1. The molecule has 7 nitrogen and oxygen atoms in total.